The molecule has 1 aliphatic rings. The second-order valence-corrected chi connectivity index (χ2v) is 9.61. The van der Waals surface area contributed by atoms with E-state index in [1.54, 1.807) is 29.0 Å². The number of aryl methyl sites for hydroxylation is 2. The summed E-state index contributed by atoms with van der Waals surface area (Å²) in [7, 11) is 0. The number of aromatic hydroxyl groups is 1. The van der Waals surface area contributed by atoms with Crippen molar-refractivity contribution in [3.05, 3.63) is 123 Å². The van der Waals surface area contributed by atoms with Gasteiger partial charge in [-0.3, -0.25) is 14.7 Å². The van der Waals surface area contributed by atoms with E-state index in [-0.39, 0.29) is 17.1 Å². The third kappa shape index (κ3) is 5.27. The Morgan fingerprint density at radius 2 is 1.65 bits per heavy atom. The summed E-state index contributed by atoms with van der Waals surface area (Å²) in [6.45, 7) is 7.01. The highest BCUT2D eigenvalue weighted by Crippen LogP contribution is 2.34. The van der Waals surface area contributed by atoms with Crippen LogP contribution >= 0.6 is 0 Å². The van der Waals surface area contributed by atoms with Crippen LogP contribution in [-0.4, -0.2) is 45.7 Å². The maximum absolute atomic E-state index is 14.0. The number of hydrogen-bond donors (Lipinski definition) is 1. The molecule has 1 fully saturated rings. The summed E-state index contributed by atoms with van der Waals surface area (Å²) >= 11 is 0. The van der Waals surface area contributed by atoms with Gasteiger partial charge in [0.15, 0.2) is 0 Å². The summed E-state index contributed by atoms with van der Waals surface area (Å²) in [5.41, 5.74) is 4.69. The molecule has 6 nitrogen and oxygen atoms in total. The molecule has 190 valence electrons. The summed E-state index contributed by atoms with van der Waals surface area (Å²) in [5.74, 6) is -0.245. The minimum absolute atomic E-state index is 0.00584. The molecule has 0 amide bonds. The minimum Gasteiger partial charge on any atom is -0.507 e. The Balaban J connectivity index is 1.52. The monoisotopic (exact) mass is 498 g/mol. The number of aromatic nitrogens is 2. The van der Waals surface area contributed by atoms with Gasteiger partial charge in [0.25, 0.3) is 5.56 Å². The molecule has 5 rings (SSSR count). The highest BCUT2D eigenvalue weighted by atomic mass is 19.1. The maximum atomic E-state index is 14.0. The van der Waals surface area contributed by atoms with Crippen LogP contribution in [0, 0.1) is 19.7 Å². The molecule has 0 unspecified atom stereocenters. The molecular formula is C30H31FN4O2. The number of benzene rings is 2. The number of piperazine rings is 1. The van der Waals surface area contributed by atoms with Crippen molar-refractivity contribution in [1.29, 1.82) is 0 Å². The lowest BCUT2D eigenvalue weighted by atomic mass is 9.95. The molecule has 1 atom stereocenters. The second-order valence-electron chi connectivity index (χ2n) is 9.61. The summed E-state index contributed by atoms with van der Waals surface area (Å²) in [6, 6.07) is 21.6. The molecule has 0 aliphatic carbocycles. The van der Waals surface area contributed by atoms with Crippen molar-refractivity contribution in [3.8, 4) is 5.75 Å². The summed E-state index contributed by atoms with van der Waals surface area (Å²) < 4.78 is 15.1. The van der Waals surface area contributed by atoms with E-state index in [1.807, 2.05) is 56.3 Å². The standard InChI is InChI=1S/C30H31FN4O2/c1-21-6-8-23(9-7-21)29(34-17-15-33(16-18-34)26-12-10-24(31)11-13-26)28-27(36)19-22(2)35(30(28)37)20-25-5-3-4-14-32-25/h3-14,19,29,36H,15-18,20H2,1-2H3/t29-/m0/s1. The molecule has 1 aliphatic heterocycles. The second kappa shape index (κ2) is 10.6. The molecule has 2 aromatic heterocycles. The quantitative estimate of drug-likeness (QED) is 0.419. The number of halogens is 1. The lowest BCUT2D eigenvalue weighted by Gasteiger charge is -2.40. The van der Waals surface area contributed by atoms with Crippen molar-refractivity contribution < 1.29 is 9.50 Å². The molecule has 2 aromatic carbocycles. The van der Waals surface area contributed by atoms with Crippen LogP contribution in [0.3, 0.4) is 0 Å². The van der Waals surface area contributed by atoms with E-state index in [0.717, 1.165) is 35.6 Å². The van der Waals surface area contributed by atoms with Crippen molar-refractivity contribution in [1.82, 2.24) is 14.5 Å². The van der Waals surface area contributed by atoms with Gasteiger partial charge in [0, 0.05) is 43.8 Å². The minimum atomic E-state index is -0.404. The van der Waals surface area contributed by atoms with Crippen LogP contribution in [0.1, 0.15) is 34.1 Å². The van der Waals surface area contributed by atoms with Crippen LogP contribution in [0.2, 0.25) is 0 Å². The van der Waals surface area contributed by atoms with Crippen molar-refractivity contribution in [3.63, 3.8) is 0 Å². The Kier molecular flexibility index (Phi) is 7.06. The smallest absolute Gasteiger partial charge is 0.260 e. The van der Waals surface area contributed by atoms with Crippen molar-refractivity contribution in [2.24, 2.45) is 0 Å². The fraction of sp³-hybridized carbons (Fsp3) is 0.267. The van der Waals surface area contributed by atoms with Gasteiger partial charge < -0.3 is 14.6 Å². The molecule has 7 heteroatoms. The van der Waals surface area contributed by atoms with Crippen molar-refractivity contribution in [2.75, 3.05) is 31.1 Å². The summed E-state index contributed by atoms with van der Waals surface area (Å²) in [6.07, 6.45) is 1.72. The zero-order valence-electron chi connectivity index (χ0n) is 21.1. The maximum Gasteiger partial charge on any atom is 0.260 e. The zero-order chi connectivity index (χ0) is 25.9. The van der Waals surface area contributed by atoms with E-state index in [1.165, 1.54) is 12.1 Å². The first-order valence-corrected chi connectivity index (χ1v) is 12.5. The number of hydrogen-bond acceptors (Lipinski definition) is 5. The largest absolute Gasteiger partial charge is 0.507 e. The van der Waals surface area contributed by atoms with Gasteiger partial charge in [-0.15, -0.1) is 0 Å². The Hall–Kier alpha value is -3.97. The first-order chi connectivity index (χ1) is 17.9. The van der Waals surface area contributed by atoms with Gasteiger partial charge in [0.05, 0.1) is 23.8 Å². The molecule has 0 saturated carbocycles. The van der Waals surface area contributed by atoms with Gasteiger partial charge in [0.1, 0.15) is 11.6 Å². The topological polar surface area (TPSA) is 61.6 Å². The van der Waals surface area contributed by atoms with Crippen LogP contribution in [0.4, 0.5) is 10.1 Å². The van der Waals surface area contributed by atoms with Gasteiger partial charge in [-0.2, -0.15) is 0 Å². The first-order valence-electron chi connectivity index (χ1n) is 12.5. The first kappa shape index (κ1) is 24.7. The molecule has 1 N–H and O–H groups in total. The molecule has 0 bridgehead atoms. The number of pyridine rings is 2. The summed E-state index contributed by atoms with van der Waals surface area (Å²) in [5, 5.41) is 11.1. The molecule has 0 spiro atoms. The van der Waals surface area contributed by atoms with Crippen LogP contribution < -0.4 is 10.5 Å². The fourth-order valence-electron chi connectivity index (χ4n) is 5.07. The Labute approximate surface area is 216 Å². The van der Waals surface area contributed by atoms with Gasteiger partial charge in [-0.05, 0) is 61.9 Å². The SMILES string of the molecule is Cc1ccc([C@@H](c2c(O)cc(C)n(Cc3ccccn3)c2=O)N2CCN(c3ccc(F)cc3)CC2)cc1. The Morgan fingerprint density at radius 3 is 2.30 bits per heavy atom. The average Bonchev–Trinajstić information content (AvgIpc) is 2.91. The number of rotatable bonds is 6. The van der Waals surface area contributed by atoms with Crippen molar-refractivity contribution >= 4 is 5.69 Å². The van der Waals surface area contributed by atoms with Crippen LogP contribution in [0.15, 0.2) is 83.8 Å². The lowest BCUT2D eigenvalue weighted by Crippen LogP contribution is -2.49. The van der Waals surface area contributed by atoms with E-state index in [0.29, 0.717) is 30.9 Å². The predicted octanol–water partition coefficient (Wildman–Crippen LogP) is 4.66. The van der Waals surface area contributed by atoms with E-state index >= 15 is 0 Å². The lowest BCUT2D eigenvalue weighted by molar-refractivity contribution is 0.207. The number of anilines is 1. The molecular weight excluding hydrogens is 467 g/mol. The highest BCUT2D eigenvalue weighted by Gasteiger charge is 2.31. The van der Waals surface area contributed by atoms with Gasteiger partial charge in [-0.1, -0.05) is 35.9 Å². The van der Waals surface area contributed by atoms with E-state index < -0.39 is 6.04 Å². The Bertz CT molecular complexity index is 1410. The molecule has 1 saturated heterocycles. The van der Waals surface area contributed by atoms with E-state index in [4.69, 9.17) is 0 Å². The van der Waals surface area contributed by atoms with Gasteiger partial charge in [0.2, 0.25) is 0 Å². The van der Waals surface area contributed by atoms with Gasteiger partial charge in [-0.25, -0.2) is 4.39 Å². The third-order valence-corrected chi connectivity index (χ3v) is 7.11. The van der Waals surface area contributed by atoms with Crippen LogP contribution in [-0.2, 0) is 6.54 Å². The normalized spacial score (nSPS) is 15.1. The number of nitrogens with zero attached hydrogens (tertiary/aromatic N) is 4. The third-order valence-electron chi connectivity index (χ3n) is 7.11. The zero-order valence-corrected chi connectivity index (χ0v) is 21.1. The molecule has 3 heterocycles. The summed E-state index contributed by atoms with van der Waals surface area (Å²) in [4.78, 5) is 22.8. The average molecular weight is 499 g/mol. The van der Waals surface area contributed by atoms with E-state index in [2.05, 4.69) is 14.8 Å². The molecule has 37 heavy (non-hydrogen) atoms. The highest BCUT2D eigenvalue weighted by molar-refractivity contribution is 5.47. The Morgan fingerprint density at radius 1 is 0.946 bits per heavy atom. The fourth-order valence-corrected chi connectivity index (χ4v) is 5.07. The van der Waals surface area contributed by atoms with Crippen LogP contribution in [0.25, 0.3) is 0 Å². The van der Waals surface area contributed by atoms with Gasteiger partial charge >= 0.3 is 0 Å². The van der Waals surface area contributed by atoms with Crippen molar-refractivity contribution in [2.45, 2.75) is 26.4 Å². The molecule has 4 aromatic rings. The molecule has 0 radical (unpaired) electrons. The van der Waals surface area contributed by atoms with E-state index in [9.17, 15) is 14.3 Å². The predicted molar refractivity (Wildman–Crippen MR) is 144 cm³/mol. The van der Waals surface area contributed by atoms with Crippen LogP contribution in [0.5, 0.6) is 5.75 Å².